The first-order valence-electron chi connectivity index (χ1n) is 6.39. The highest BCUT2D eigenvalue weighted by atomic mass is 16.2. The van der Waals surface area contributed by atoms with Gasteiger partial charge in [0.25, 0.3) is 0 Å². The minimum atomic E-state index is -0.426. The maximum absolute atomic E-state index is 11.4. The predicted octanol–water partition coefficient (Wildman–Crippen LogP) is 0.514. The van der Waals surface area contributed by atoms with Crippen LogP contribution in [0.2, 0.25) is 0 Å². The molecule has 2 atom stereocenters. The predicted molar refractivity (Wildman–Crippen MR) is 70.4 cm³/mol. The fraction of sp³-hybridized carbons (Fsp3) is 0.692. The van der Waals surface area contributed by atoms with Gasteiger partial charge in [0.1, 0.15) is 6.04 Å². The molecule has 5 heteroatoms. The van der Waals surface area contributed by atoms with Crippen molar-refractivity contribution < 1.29 is 9.59 Å². The van der Waals surface area contributed by atoms with E-state index in [1.54, 1.807) is 0 Å². The number of primary amides is 1. The van der Waals surface area contributed by atoms with Crippen molar-refractivity contribution in [2.45, 2.75) is 46.2 Å². The number of carbonyl (C=O) groups excluding carboxylic acids is 2. The van der Waals surface area contributed by atoms with Crippen LogP contribution >= 0.6 is 0 Å². The molecule has 1 aliphatic rings. The van der Waals surface area contributed by atoms with Gasteiger partial charge in [-0.1, -0.05) is 27.7 Å². The molecule has 0 aromatic rings. The van der Waals surface area contributed by atoms with Crippen molar-refractivity contribution in [3.63, 3.8) is 0 Å². The van der Waals surface area contributed by atoms with Crippen LogP contribution in [0.5, 0.6) is 0 Å². The van der Waals surface area contributed by atoms with Gasteiger partial charge >= 0.3 is 0 Å². The summed E-state index contributed by atoms with van der Waals surface area (Å²) in [5.74, 6) is 0.122. The van der Waals surface area contributed by atoms with Crippen molar-refractivity contribution in [3.05, 3.63) is 11.8 Å². The van der Waals surface area contributed by atoms with Crippen LogP contribution in [0.3, 0.4) is 0 Å². The molecule has 0 bridgehead atoms. The Hall–Kier alpha value is -1.52. The molecule has 2 amide bonds. The summed E-state index contributed by atoms with van der Waals surface area (Å²) in [4.78, 5) is 22.8. The summed E-state index contributed by atoms with van der Waals surface area (Å²) in [5, 5.41) is 5.97. The van der Waals surface area contributed by atoms with E-state index in [2.05, 4.69) is 10.6 Å². The van der Waals surface area contributed by atoms with Gasteiger partial charge in [-0.2, -0.15) is 0 Å². The SMILES string of the molecule is CC(C)C[C@H](NC1=CC(=O)N[C@H]1C(C)C)C(N)=O. The Morgan fingerprint density at radius 1 is 1.44 bits per heavy atom. The maximum Gasteiger partial charge on any atom is 0.246 e. The number of carbonyl (C=O) groups is 2. The van der Waals surface area contributed by atoms with Crippen molar-refractivity contribution in [2.24, 2.45) is 17.6 Å². The monoisotopic (exact) mass is 253 g/mol. The van der Waals surface area contributed by atoms with Crippen LogP contribution in [0, 0.1) is 11.8 Å². The van der Waals surface area contributed by atoms with Crippen molar-refractivity contribution in [1.82, 2.24) is 10.6 Å². The van der Waals surface area contributed by atoms with Gasteiger partial charge in [-0.3, -0.25) is 9.59 Å². The molecule has 102 valence electrons. The second-order valence-corrected chi connectivity index (χ2v) is 5.56. The molecule has 0 radical (unpaired) electrons. The zero-order valence-corrected chi connectivity index (χ0v) is 11.5. The third-order valence-electron chi connectivity index (χ3n) is 2.98. The fourth-order valence-electron chi connectivity index (χ4n) is 2.08. The average molecular weight is 253 g/mol. The molecule has 0 saturated carbocycles. The van der Waals surface area contributed by atoms with E-state index >= 15 is 0 Å². The van der Waals surface area contributed by atoms with E-state index in [0.717, 1.165) is 5.70 Å². The summed E-state index contributed by atoms with van der Waals surface area (Å²) in [7, 11) is 0. The molecule has 4 N–H and O–H groups in total. The standard InChI is InChI=1S/C13H23N3O2/c1-7(2)5-10(13(14)18)15-9-6-11(17)16-12(9)8(3)4/h6-8,10,12,15H,5H2,1-4H3,(H2,14,18)(H,16,17)/t10-,12-/m0/s1. The van der Waals surface area contributed by atoms with Crippen LogP contribution in [0.1, 0.15) is 34.1 Å². The third kappa shape index (κ3) is 3.75. The van der Waals surface area contributed by atoms with E-state index < -0.39 is 6.04 Å². The van der Waals surface area contributed by atoms with Gasteiger partial charge in [0.05, 0.1) is 6.04 Å². The van der Waals surface area contributed by atoms with E-state index in [1.807, 2.05) is 27.7 Å². The van der Waals surface area contributed by atoms with E-state index in [-0.39, 0.29) is 23.8 Å². The Balaban J connectivity index is 2.76. The van der Waals surface area contributed by atoms with E-state index in [4.69, 9.17) is 5.73 Å². The molecule has 0 spiro atoms. The Labute approximate surface area is 108 Å². The number of nitrogens with one attached hydrogen (secondary N) is 2. The molecule has 0 aromatic carbocycles. The molecule has 5 nitrogen and oxygen atoms in total. The molecule has 1 rings (SSSR count). The molecule has 1 heterocycles. The fourth-order valence-corrected chi connectivity index (χ4v) is 2.08. The van der Waals surface area contributed by atoms with Crippen molar-refractivity contribution in [3.8, 4) is 0 Å². The molecule has 1 aliphatic heterocycles. The summed E-state index contributed by atoms with van der Waals surface area (Å²) in [5.41, 5.74) is 6.15. The van der Waals surface area contributed by atoms with Crippen LogP contribution in [0.25, 0.3) is 0 Å². The Morgan fingerprint density at radius 3 is 2.50 bits per heavy atom. The van der Waals surface area contributed by atoms with E-state index in [9.17, 15) is 9.59 Å². The summed E-state index contributed by atoms with van der Waals surface area (Å²) in [6.45, 7) is 8.11. The summed E-state index contributed by atoms with van der Waals surface area (Å²) in [6, 6.07) is -0.489. The van der Waals surface area contributed by atoms with E-state index in [1.165, 1.54) is 6.08 Å². The van der Waals surface area contributed by atoms with Crippen molar-refractivity contribution >= 4 is 11.8 Å². The minimum absolute atomic E-state index is 0.0634. The summed E-state index contributed by atoms with van der Waals surface area (Å²) < 4.78 is 0. The highest BCUT2D eigenvalue weighted by Gasteiger charge is 2.29. The summed E-state index contributed by atoms with van der Waals surface area (Å²) in [6.07, 6.45) is 2.17. The smallest absolute Gasteiger partial charge is 0.246 e. The number of hydrogen-bond donors (Lipinski definition) is 3. The molecule has 0 aromatic heterocycles. The second-order valence-electron chi connectivity index (χ2n) is 5.56. The molecule has 0 unspecified atom stereocenters. The number of hydrogen-bond acceptors (Lipinski definition) is 3. The third-order valence-corrected chi connectivity index (χ3v) is 2.98. The first-order valence-corrected chi connectivity index (χ1v) is 6.39. The van der Waals surface area contributed by atoms with Crippen LogP contribution in [0.15, 0.2) is 11.8 Å². The van der Waals surface area contributed by atoms with Gasteiger partial charge in [-0.05, 0) is 18.3 Å². The quantitative estimate of drug-likeness (QED) is 0.645. The highest BCUT2D eigenvalue weighted by Crippen LogP contribution is 2.17. The van der Waals surface area contributed by atoms with Crippen LogP contribution < -0.4 is 16.4 Å². The maximum atomic E-state index is 11.4. The normalized spacial score (nSPS) is 20.9. The summed E-state index contributed by atoms with van der Waals surface area (Å²) >= 11 is 0. The molecule has 0 saturated heterocycles. The first-order chi connectivity index (χ1) is 8.31. The van der Waals surface area contributed by atoms with Crippen LogP contribution in [-0.4, -0.2) is 23.9 Å². The van der Waals surface area contributed by atoms with Crippen molar-refractivity contribution in [2.75, 3.05) is 0 Å². The average Bonchev–Trinajstić information content (AvgIpc) is 2.57. The Kier molecular flexibility index (Phi) is 4.76. The molecular weight excluding hydrogens is 230 g/mol. The van der Waals surface area contributed by atoms with Gasteiger partial charge < -0.3 is 16.4 Å². The Bertz CT molecular complexity index is 361. The zero-order valence-electron chi connectivity index (χ0n) is 11.5. The van der Waals surface area contributed by atoms with E-state index in [0.29, 0.717) is 12.3 Å². The van der Waals surface area contributed by atoms with Crippen LogP contribution in [-0.2, 0) is 9.59 Å². The van der Waals surface area contributed by atoms with Crippen molar-refractivity contribution in [1.29, 1.82) is 0 Å². The van der Waals surface area contributed by atoms with Gasteiger partial charge in [0.2, 0.25) is 11.8 Å². The number of rotatable bonds is 6. The lowest BCUT2D eigenvalue weighted by atomic mass is 9.99. The zero-order chi connectivity index (χ0) is 13.9. The highest BCUT2D eigenvalue weighted by molar-refractivity contribution is 5.92. The lowest BCUT2D eigenvalue weighted by molar-refractivity contribution is -0.120. The lowest BCUT2D eigenvalue weighted by Gasteiger charge is -2.25. The van der Waals surface area contributed by atoms with Gasteiger partial charge in [-0.15, -0.1) is 0 Å². The largest absolute Gasteiger partial charge is 0.375 e. The first kappa shape index (κ1) is 14.5. The molecular formula is C13H23N3O2. The minimum Gasteiger partial charge on any atom is -0.375 e. The topological polar surface area (TPSA) is 84.2 Å². The number of nitrogens with two attached hydrogens (primary N) is 1. The Morgan fingerprint density at radius 2 is 2.06 bits per heavy atom. The number of amides is 2. The molecule has 0 aliphatic carbocycles. The van der Waals surface area contributed by atoms with Crippen LogP contribution in [0.4, 0.5) is 0 Å². The van der Waals surface area contributed by atoms with Gasteiger partial charge in [0, 0.05) is 11.8 Å². The lowest BCUT2D eigenvalue weighted by Crippen LogP contribution is -2.46. The van der Waals surface area contributed by atoms with Gasteiger partial charge in [0.15, 0.2) is 0 Å². The van der Waals surface area contributed by atoms with Gasteiger partial charge in [-0.25, -0.2) is 0 Å². The molecule has 18 heavy (non-hydrogen) atoms. The molecule has 0 fully saturated rings. The second kappa shape index (κ2) is 5.89.